The third-order valence-electron chi connectivity index (χ3n) is 7.57. The topological polar surface area (TPSA) is 69.7 Å². The van der Waals surface area contributed by atoms with Crippen molar-refractivity contribution < 1.29 is 22.7 Å². The maximum absolute atomic E-state index is 13.1. The van der Waals surface area contributed by atoms with Crippen LogP contribution in [0.3, 0.4) is 0 Å². The Labute approximate surface area is 232 Å². The van der Waals surface area contributed by atoms with Gasteiger partial charge in [0.05, 0.1) is 42.5 Å². The van der Waals surface area contributed by atoms with Crippen molar-refractivity contribution in [3.05, 3.63) is 83.2 Å². The van der Waals surface area contributed by atoms with Gasteiger partial charge in [-0.15, -0.1) is 0 Å². The third kappa shape index (κ3) is 6.92. The first-order chi connectivity index (χ1) is 19.3. The Kier molecular flexibility index (Phi) is 8.56. The van der Waals surface area contributed by atoms with Crippen LogP contribution in [0.25, 0.3) is 0 Å². The van der Waals surface area contributed by atoms with E-state index in [1.165, 1.54) is 12.1 Å². The van der Waals surface area contributed by atoms with E-state index in [0.29, 0.717) is 5.56 Å². The molecule has 2 aliphatic rings. The summed E-state index contributed by atoms with van der Waals surface area (Å²) in [7, 11) is 0. The Balaban J connectivity index is 1.21. The Morgan fingerprint density at radius 3 is 2.67 bits per heavy atom. The lowest BCUT2D eigenvalue weighted by Gasteiger charge is -2.26. The molecular weight excluding hydrogens is 519 g/mol. The van der Waals surface area contributed by atoms with Crippen molar-refractivity contribution in [1.29, 1.82) is 0 Å². The standard InChI is InChI=1S/C30H34F3N5O2/c1-21-5-6-22(29(39)36-25-4-2-3-24(16-25)30(31,32)33)15-28(21)23-7-9-38(20-23)27-17-26(18-34-19-27)35-8-10-37-11-13-40-14-12-37/h2-6,15-19,23,35H,7-14,20H2,1H3,(H,36,39). The molecule has 212 valence electrons. The molecule has 5 rings (SSSR count). The minimum Gasteiger partial charge on any atom is -0.382 e. The molecule has 40 heavy (non-hydrogen) atoms. The number of aromatic nitrogens is 1. The average Bonchev–Trinajstić information content (AvgIpc) is 3.44. The van der Waals surface area contributed by atoms with Crippen molar-refractivity contribution >= 4 is 23.0 Å². The van der Waals surface area contributed by atoms with Gasteiger partial charge in [0, 0.05) is 56.4 Å². The van der Waals surface area contributed by atoms with E-state index < -0.39 is 17.6 Å². The third-order valence-corrected chi connectivity index (χ3v) is 7.57. The summed E-state index contributed by atoms with van der Waals surface area (Å²) in [5, 5.41) is 6.09. The number of aryl methyl sites for hydroxylation is 1. The first-order valence-electron chi connectivity index (χ1n) is 13.6. The molecule has 1 amide bonds. The van der Waals surface area contributed by atoms with E-state index in [0.717, 1.165) is 93.5 Å². The summed E-state index contributed by atoms with van der Waals surface area (Å²) in [4.78, 5) is 22.1. The van der Waals surface area contributed by atoms with Crippen LogP contribution in [-0.4, -0.2) is 68.3 Å². The van der Waals surface area contributed by atoms with Gasteiger partial charge in [0.15, 0.2) is 0 Å². The number of alkyl halides is 3. The highest BCUT2D eigenvalue weighted by atomic mass is 19.4. The minimum absolute atomic E-state index is 0.111. The number of halogens is 3. The molecule has 1 aromatic heterocycles. The number of amides is 1. The van der Waals surface area contributed by atoms with Crippen LogP contribution in [0.4, 0.5) is 30.2 Å². The summed E-state index contributed by atoms with van der Waals surface area (Å²) >= 11 is 0. The Morgan fingerprint density at radius 1 is 1.05 bits per heavy atom. The lowest BCUT2D eigenvalue weighted by atomic mass is 9.92. The van der Waals surface area contributed by atoms with Crippen molar-refractivity contribution in [3.8, 4) is 0 Å². The van der Waals surface area contributed by atoms with Crippen LogP contribution in [0.15, 0.2) is 60.9 Å². The molecule has 2 N–H and O–H groups in total. The summed E-state index contributed by atoms with van der Waals surface area (Å²) in [5.74, 6) is -0.213. The predicted molar refractivity (Wildman–Crippen MR) is 150 cm³/mol. The summed E-state index contributed by atoms with van der Waals surface area (Å²) in [6.07, 6.45) is 0.169. The number of carbonyl (C=O) groups is 1. The average molecular weight is 554 g/mol. The zero-order chi connectivity index (χ0) is 28.1. The lowest BCUT2D eigenvalue weighted by molar-refractivity contribution is -0.137. The first-order valence-corrected chi connectivity index (χ1v) is 13.6. The highest BCUT2D eigenvalue weighted by Gasteiger charge is 2.31. The van der Waals surface area contributed by atoms with Gasteiger partial charge in [0.25, 0.3) is 5.91 Å². The van der Waals surface area contributed by atoms with E-state index in [1.54, 1.807) is 6.07 Å². The summed E-state index contributed by atoms with van der Waals surface area (Å²) in [5.41, 5.74) is 3.93. The number of rotatable bonds is 8. The second-order valence-corrected chi connectivity index (χ2v) is 10.3. The van der Waals surface area contributed by atoms with Crippen molar-refractivity contribution in [1.82, 2.24) is 9.88 Å². The second kappa shape index (κ2) is 12.3. The Morgan fingerprint density at radius 2 is 1.88 bits per heavy atom. The molecule has 7 nitrogen and oxygen atoms in total. The van der Waals surface area contributed by atoms with Crippen LogP contribution < -0.4 is 15.5 Å². The molecule has 0 spiro atoms. The quantitative estimate of drug-likeness (QED) is 0.390. The molecule has 2 aliphatic heterocycles. The molecule has 0 aliphatic carbocycles. The van der Waals surface area contributed by atoms with E-state index in [9.17, 15) is 18.0 Å². The first kappa shape index (κ1) is 27.9. The number of nitrogens with zero attached hydrogens (tertiary/aromatic N) is 3. The largest absolute Gasteiger partial charge is 0.416 e. The molecule has 3 heterocycles. The van der Waals surface area contributed by atoms with Gasteiger partial charge in [-0.3, -0.25) is 14.7 Å². The summed E-state index contributed by atoms with van der Waals surface area (Å²) < 4.78 is 44.6. The molecule has 0 radical (unpaired) electrons. The van der Waals surface area contributed by atoms with E-state index in [4.69, 9.17) is 4.74 Å². The van der Waals surface area contributed by atoms with Crippen molar-refractivity contribution in [2.75, 3.05) is 68.0 Å². The van der Waals surface area contributed by atoms with Gasteiger partial charge in [-0.2, -0.15) is 13.2 Å². The van der Waals surface area contributed by atoms with Crippen molar-refractivity contribution in [2.45, 2.75) is 25.4 Å². The predicted octanol–water partition coefficient (Wildman–Crippen LogP) is 5.40. The molecule has 0 bridgehead atoms. The molecule has 1 atom stereocenters. The van der Waals surface area contributed by atoms with Crippen LogP contribution in [-0.2, 0) is 10.9 Å². The molecule has 3 aromatic rings. The summed E-state index contributed by atoms with van der Waals surface area (Å²) in [6.45, 7) is 8.96. The number of ether oxygens (including phenoxy) is 1. The normalized spacial score (nSPS) is 18.1. The molecule has 1 unspecified atom stereocenters. The second-order valence-electron chi connectivity index (χ2n) is 10.3. The lowest BCUT2D eigenvalue weighted by Crippen LogP contribution is -2.39. The fraction of sp³-hybridized carbons (Fsp3) is 0.400. The van der Waals surface area contributed by atoms with Gasteiger partial charge in [-0.1, -0.05) is 12.1 Å². The van der Waals surface area contributed by atoms with Crippen LogP contribution in [0.1, 0.15) is 39.4 Å². The summed E-state index contributed by atoms with van der Waals surface area (Å²) in [6, 6.07) is 12.3. The number of hydrogen-bond donors (Lipinski definition) is 2. The van der Waals surface area contributed by atoms with Gasteiger partial charge in [0.2, 0.25) is 0 Å². The van der Waals surface area contributed by atoms with Crippen LogP contribution in [0.5, 0.6) is 0 Å². The van der Waals surface area contributed by atoms with E-state index >= 15 is 0 Å². The minimum atomic E-state index is -4.47. The molecule has 2 saturated heterocycles. The molecule has 0 saturated carbocycles. The number of nitrogens with one attached hydrogen (secondary N) is 2. The Hall–Kier alpha value is -3.63. The number of pyridine rings is 1. The van der Waals surface area contributed by atoms with Crippen LogP contribution >= 0.6 is 0 Å². The van der Waals surface area contributed by atoms with Gasteiger partial charge in [-0.05, 0) is 60.9 Å². The van der Waals surface area contributed by atoms with Gasteiger partial charge in [-0.25, -0.2) is 0 Å². The molecule has 10 heteroatoms. The van der Waals surface area contributed by atoms with E-state index in [2.05, 4.69) is 31.5 Å². The fourth-order valence-electron chi connectivity index (χ4n) is 5.33. The van der Waals surface area contributed by atoms with Gasteiger partial charge in [0.1, 0.15) is 0 Å². The van der Waals surface area contributed by atoms with Gasteiger partial charge >= 0.3 is 6.18 Å². The zero-order valence-electron chi connectivity index (χ0n) is 22.5. The monoisotopic (exact) mass is 553 g/mol. The highest BCUT2D eigenvalue weighted by molar-refractivity contribution is 6.04. The molecule has 2 fully saturated rings. The van der Waals surface area contributed by atoms with Crippen LogP contribution in [0.2, 0.25) is 0 Å². The number of carbonyl (C=O) groups excluding carboxylic acids is 1. The fourth-order valence-corrected chi connectivity index (χ4v) is 5.33. The van der Waals surface area contributed by atoms with Gasteiger partial charge < -0.3 is 20.3 Å². The smallest absolute Gasteiger partial charge is 0.382 e. The zero-order valence-corrected chi connectivity index (χ0v) is 22.5. The number of hydrogen-bond acceptors (Lipinski definition) is 6. The highest BCUT2D eigenvalue weighted by Crippen LogP contribution is 2.34. The van der Waals surface area contributed by atoms with Crippen molar-refractivity contribution in [3.63, 3.8) is 0 Å². The SMILES string of the molecule is Cc1ccc(C(=O)Nc2cccc(C(F)(F)F)c2)cc1C1CCN(c2cncc(NCCN3CCOCC3)c2)C1. The number of anilines is 3. The maximum atomic E-state index is 13.1. The van der Waals surface area contributed by atoms with Crippen LogP contribution in [0, 0.1) is 6.92 Å². The number of benzene rings is 2. The number of morpholine rings is 1. The van der Waals surface area contributed by atoms with Crippen molar-refractivity contribution in [2.24, 2.45) is 0 Å². The Bertz CT molecular complexity index is 1330. The maximum Gasteiger partial charge on any atom is 0.416 e. The molecular formula is C30H34F3N5O2. The van der Waals surface area contributed by atoms with E-state index in [1.807, 2.05) is 31.5 Å². The van der Waals surface area contributed by atoms with E-state index in [-0.39, 0.29) is 11.6 Å². The molecule has 2 aromatic carbocycles.